The predicted molar refractivity (Wildman–Crippen MR) is 69.0 cm³/mol. The summed E-state index contributed by atoms with van der Waals surface area (Å²) < 4.78 is 0. The van der Waals surface area contributed by atoms with Gasteiger partial charge in [0.25, 0.3) is 0 Å². The lowest BCUT2D eigenvalue weighted by atomic mass is 9.76. The highest BCUT2D eigenvalue weighted by molar-refractivity contribution is 7.98. The summed E-state index contributed by atoms with van der Waals surface area (Å²) in [5.41, 5.74) is -0.0938. The van der Waals surface area contributed by atoms with Gasteiger partial charge in [-0.2, -0.15) is 11.8 Å². The normalized spacial score (nSPS) is 25.6. The molecular weight excluding hydrogens is 222 g/mol. The highest BCUT2D eigenvalue weighted by atomic mass is 32.2. The van der Waals surface area contributed by atoms with Gasteiger partial charge in [-0.15, -0.1) is 0 Å². The SMILES string of the molecule is CSCCCN1CCCC(C)(C)C1C(=O)O. The minimum absolute atomic E-state index is 0.0938. The van der Waals surface area contributed by atoms with Crippen LogP contribution in [0.3, 0.4) is 0 Å². The Bertz CT molecular complexity index is 243. The fourth-order valence-electron chi connectivity index (χ4n) is 2.64. The van der Waals surface area contributed by atoms with Crippen molar-refractivity contribution in [2.45, 2.75) is 39.2 Å². The molecule has 1 saturated heterocycles. The molecule has 16 heavy (non-hydrogen) atoms. The topological polar surface area (TPSA) is 40.5 Å². The fraction of sp³-hybridized carbons (Fsp3) is 0.917. The van der Waals surface area contributed by atoms with Crippen LogP contribution in [-0.4, -0.2) is 47.1 Å². The van der Waals surface area contributed by atoms with E-state index >= 15 is 0 Å². The van der Waals surface area contributed by atoms with E-state index in [1.165, 1.54) is 0 Å². The first kappa shape index (κ1) is 13.8. The number of thioether (sulfide) groups is 1. The van der Waals surface area contributed by atoms with Crippen LogP contribution in [0.2, 0.25) is 0 Å². The number of rotatable bonds is 5. The van der Waals surface area contributed by atoms with Gasteiger partial charge in [0.05, 0.1) is 0 Å². The number of piperidine rings is 1. The van der Waals surface area contributed by atoms with Crippen molar-refractivity contribution in [3.8, 4) is 0 Å². The van der Waals surface area contributed by atoms with E-state index in [1.54, 1.807) is 0 Å². The number of nitrogens with zero attached hydrogens (tertiary/aromatic N) is 1. The van der Waals surface area contributed by atoms with Crippen LogP contribution in [0.1, 0.15) is 33.1 Å². The molecule has 0 amide bonds. The quantitative estimate of drug-likeness (QED) is 0.755. The van der Waals surface area contributed by atoms with Gasteiger partial charge in [-0.1, -0.05) is 13.8 Å². The number of carbonyl (C=O) groups is 1. The summed E-state index contributed by atoms with van der Waals surface area (Å²) in [6, 6.07) is -0.303. The van der Waals surface area contributed by atoms with E-state index in [0.717, 1.165) is 38.1 Å². The molecule has 3 nitrogen and oxygen atoms in total. The van der Waals surface area contributed by atoms with Gasteiger partial charge >= 0.3 is 5.97 Å². The van der Waals surface area contributed by atoms with Crippen LogP contribution in [-0.2, 0) is 4.79 Å². The number of hydrogen-bond donors (Lipinski definition) is 1. The van der Waals surface area contributed by atoms with Crippen molar-refractivity contribution in [3.05, 3.63) is 0 Å². The molecule has 1 rings (SSSR count). The zero-order valence-corrected chi connectivity index (χ0v) is 11.3. The Labute approximate surface area is 103 Å². The van der Waals surface area contributed by atoms with Gasteiger partial charge in [0.2, 0.25) is 0 Å². The standard InChI is InChI=1S/C12H23NO2S/c1-12(2)6-4-7-13(8-5-9-16-3)10(12)11(14)15/h10H,4-9H2,1-3H3,(H,14,15). The number of hydrogen-bond acceptors (Lipinski definition) is 3. The molecule has 0 aliphatic carbocycles. The molecule has 1 aliphatic heterocycles. The molecule has 0 saturated carbocycles. The highest BCUT2D eigenvalue weighted by Crippen LogP contribution is 2.35. The molecule has 0 aromatic heterocycles. The van der Waals surface area contributed by atoms with Crippen LogP contribution in [0.4, 0.5) is 0 Å². The van der Waals surface area contributed by atoms with E-state index in [-0.39, 0.29) is 11.5 Å². The molecule has 1 N–H and O–H groups in total. The Balaban J connectivity index is 2.62. The Morgan fingerprint density at radius 3 is 2.81 bits per heavy atom. The summed E-state index contributed by atoms with van der Waals surface area (Å²) in [6.07, 6.45) is 5.31. The fourth-order valence-corrected chi connectivity index (χ4v) is 3.06. The Morgan fingerprint density at radius 2 is 2.25 bits per heavy atom. The van der Waals surface area contributed by atoms with Crippen molar-refractivity contribution in [1.82, 2.24) is 4.90 Å². The zero-order chi connectivity index (χ0) is 12.2. The summed E-state index contributed by atoms with van der Waals surface area (Å²) >= 11 is 1.83. The maximum atomic E-state index is 11.4. The summed E-state index contributed by atoms with van der Waals surface area (Å²) in [5.74, 6) is 0.456. The molecule has 0 spiro atoms. The van der Waals surface area contributed by atoms with Gasteiger partial charge in [-0.05, 0) is 49.8 Å². The first-order valence-electron chi connectivity index (χ1n) is 5.95. The van der Waals surface area contributed by atoms with Gasteiger partial charge in [0, 0.05) is 0 Å². The van der Waals surface area contributed by atoms with Crippen molar-refractivity contribution in [2.75, 3.05) is 25.1 Å². The second-order valence-electron chi connectivity index (χ2n) is 5.22. The van der Waals surface area contributed by atoms with Crippen molar-refractivity contribution >= 4 is 17.7 Å². The van der Waals surface area contributed by atoms with Gasteiger partial charge in [-0.3, -0.25) is 9.69 Å². The van der Waals surface area contributed by atoms with Crippen LogP contribution in [0.5, 0.6) is 0 Å². The largest absolute Gasteiger partial charge is 0.480 e. The lowest BCUT2D eigenvalue weighted by molar-refractivity contribution is -0.150. The van der Waals surface area contributed by atoms with E-state index in [9.17, 15) is 9.90 Å². The van der Waals surface area contributed by atoms with Gasteiger partial charge in [0.1, 0.15) is 6.04 Å². The molecule has 0 aromatic carbocycles. The lowest BCUT2D eigenvalue weighted by Crippen LogP contribution is -2.54. The van der Waals surface area contributed by atoms with Crippen LogP contribution >= 0.6 is 11.8 Å². The number of carboxylic acids is 1. The van der Waals surface area contributed by atoms with Crippen molar-refractivity contribution in [3.63, 3.8) is 0 Å². The molecule has 1 heterocycles. The van der Waals surface area contributed by atoms with E-state index in [0.29, 0.717) is 0 Å². The average molecular weight is 245 g/mol. The first-order chi connectivity index (χ1) is 7.49. The smallest absolute Gasteiger partial charge is 0.321 e. The molecule has 1 atom stereocenters. The third-order valence-corrected chi connectivity index (χ3v) is 4.10. The Hall–Kier alpha value is -0.220. The van der Waals surface area contributed by atoms with E-state index in [4.69, 9.17) is 0 Å². The number of carboxylic acid groups (broad SMARTS) is 1. The summed E-state index contributed by atoms with van der Waals surface area (Å²) in [7, 11) is 0. The first-order valence-corrected chi connectivity index (χ1v) is 7.34. The van der Waals surface area contributed by atoms with E-state index in [1.807, 2.05) is 11.8 Å². The van der Waals surface area contributed by atoms with E-state index < -0.39 is 5.97 Å². The molecule has 0 bridgehead atoms. The van der Waals surface area contributed by atoms with Gasteiger partial charge < -0.3 is 5.11 Å². The van der Waals surface area contributed by atoms with E-state index in [2.05, 4.69) is 25.0 Å². The average Bonchev–Trinajstić information content (AvgIpc) is 2.16. The second kappa shape index (κ2) is 5.92. The Morgan fingerprint density at radius 1 is 1.56 bits per heavy atom. The maximum absolute atomic E-state index is 11.4. The molecule has 4 heteroatoms. The molecular formula is C12H23NO2S. The van der Waals surface area contributed by atoms with Crippen LogP contribution in [0, 0.1) is 5.41 Å². The third-order valence-electron chi connectivity index (χ3n) is 3.40. The minimum Gasteiger partial charge on any atom is -0.480 e. The summed E-state index contributed by atoms with van der Waals surface area (Å²) in [6.45, 7) is 6.01. The lowest BCUT2D eigenvalue weighted by Gasteiger charge is -2.44. The number of aliphatic carboxylic acids is 1. The molecule has 0 aromatic rings. The maximum Gasteiger partial charge on any atom is 0.321 e. The van der Waals surface area contributed by atoms with Crippen LogP contribution in [0.15, 0.2) is 0 Å². The monoisotopic (exact) mass is 245 g/mol. The third kappa shape index (κ3) is 3.39. The van der Waals surface area contributed by atoms with Crippen molar-refractivity contribution < 1.29 is 9.90 Å². The summed E-state index contributed by atoms with van der Waals surface area (Å²) in [4.78, 5) is 13.5. The molecule has 1 fully saturated rings. The number of likely N-dealkylation sites (tertiary alicyclic amines) is 1. The second-order valence-corrected chi connectivity index (χ2v) is 6.20. The van der Waals surface area contributed by atoms with Crippen molar-refractivity contribution in [2.24, 2.45) is 5.41 Å². The molecule has 0 radical (unpaired) electrons. The van der Waals surface area contributed by atoms with Crippen molar-refractivity contribution in [1.29, 1.82) is 0 Å². The predicted octanol–water partition coefficient (Wildman–Crippen LogP) is 2.31. The minimum atomic E-state index is -0.658. The molecule has 94 valence electrons. The van der Waals surface area contributed by atoms with Crippen LogP contribution in [0.25, 0.3) is 0 Å². The van der Waals surface area contributed by atoms with Gasteiger partial charge in [0.15, 0.2) is 0 Å². The molecule has 1 unspecified atom stereocenters. The van der Waals surface area contributed by atoms with Crippen LogP contribution < -0.4 is 0 Å². The Kier molecular flexibility index (Phi) is 5.12. The van der Waals surface area contributed by atoms with Gasteiger partial charge in [-0.25, -0.2) is 0 Å². The molecule has 1 aliphatic rings. The summed E-state index contributed by atoms with van der Waals surface area (Å²) in [5, 5.41) is 9.35. The highest BCUT2D eigenvalue weighted by Gasteiger charge is 2.41. The zero-order valence-electron chi connectivity index (χ0n) is 10.5.